The molecule has 0 aliphatic heterocycles. The van der Waals surface area contributed by atoms with E-state index in [2.05, 4.69) is 0 Å². The highest BCUT2D eigenvalue weighted by Gasteiger charge is 1.98. The van der Waals surface area contributed by atoms with E-state index in [0.29, 0.717) is 0 Å². The van der Waals surface area contributed by atoms with E-state index in [4.69, 9.17) is 20.4 Å². The van der Waals surface area contributed by atoms with Crippen molar-refractivity contribution < 1.29 is 49.8 Å². The van der Waals surface area contributed by atoms with Crippen LogP contribution in [-0.2, 0) is 19.2 Å². The van der Waals surface area contributed by atoms with Gasteiger partial charge in [-0.25, -0.2) is 0 Å². The Kier molecular flexibility index (Phi) is 14.7. The first-order valence-corrected chi connectivity index (χ1v) is 11.5. The van der Waals surface area contributed by atoms with Crippen LogP contribution in [0.1, 0.15) is 0 Å². The first-order chi connectivity index (χ1) is 18.9. The molecule has 10 heteroatoms. The summed E-state index contributed by atoms with van der Waals surface area (Å²) < 4.78 is 0. The van der Waals surface area contributed by atoms with Crippen molar-refractivity contribution in [2.24, 2.45) is 0 Å². The molecule has 0 bridgehead atoms. The normalized spacial score (nSPS) is 17.8. The largest absolute Gasteiger partial charge is 0.846 e. The van der Waals surface area contributed by atoms with Crippen molar-refractivity contribution in [2.75, 3.05) is 0 Å². The Morgan fingerprint density at radius 1 is 0.375 bits per heavy atom. The Bertz CT molecular complexity index is 1080. The molecule has 10 nitrogen and oxygen atoms in total. The topological polar surface area (TPSA) is 195 Å². The van der Waals surface area contributed by atoms with Crippen molar-refractivity contribution in [3.05, 3.63) is 121 Å². The molecule has 0 atom stereocenters. The second kappa shape index (κ2) is 18.0. The number of hydrogen-bond donors (Lipinski definition) is 4. The van der Waals surface area contributed by atoms with Gasteiger partial charge in [0.1, 0.15) is 23.0 Å². The minimum absolute atomic E-state index is 0.121. The number of phenolic OH excluding ortho intramolecular Hbond substituents is 4. The lowest BCUT2D eigenvalue weighted by Crippen LogP contribution is -2.28. The number of hydrogen-bond acceptors (Lipinski definition) is 10. The van der Waals surface area contributed by atoms with Crippen LogP contribution < -0.4 is 10.2 Å². The first kappa shape index (κ1) is 32.7. The molecular formula is C30H26O10-2. The van der Waals surface area contributed by atoms with Gasteiger partial charge in [0.05, 0.1) is 0 Å². The maximum Gasteiger partial charge on any atom is 0.178 e. The van der Waals surface area contributed by atoms with Crippen LogP contribution in [0.2, 0.25) is 0 Å². The van der Waals surface area contributed by atoms with Gasteiger partial charge in [-0.1, -0.05) is 36.5 Å². The Labute approximate surface area is 229 Å². The van der Waals surface area contributed by atoms with E-state index in [1.807, 2.05) is 0 Å². The molecule has 0 fully saturated rings. The number of carbonyl (C=O) groups excluding carboxylic acids is 4. The second-order valence-corrected chi connectivity index (χ2v) is 7.67. The fraction of sp³-hybridized carbons (Fsp3) is 0.0667. The summed E-state index contributed by atoms with van der Waals surface area (Å²) in [7, 11) is 0. The van der Waals surface area contributed by atoms with E-state index in [-0.39, 0.29) is 46.1 Å². The Morgan fingerprint density at radius 3 is 0.675 bits per heavy atom. The zero-order valence-corrected chi connectivity index (χ0v) is 20.9. The molecule has 0 unspecified atom stereocenters. The Hall–Kier alpha value is -5.32. The monoisotopic (exact) mass is 546 g/mol. The van der Waals surface area contributed by atoms with E-state index in [1.165, 1.54) is 121 Å². The van der Waals surface area contributed by atoms with Gasteiger partial charge in [0, 0.05) is 0 Å². The van der Waals surface area contributed by atoms with Gasteiger partial charge in [-0.3, -0.25) is 19.2 Å². The third-order valence-corrected chi connectivity index (χ3v) is 4.33. The molecule has 0 radical (unpaired) electrons. The second-order valence-electron chi connectivity index (χ2n) is 7.67. The van der Waals surface area contributed by atoms with Crippen LogP contribution in [0.3, 0.4) is 0 Å². The molecule has 2 aromatic rings. The Balaban J connectivity index is 0.000000250. The number of allylic oxidation sites excluding steroid dienone is 8. The van der Waals surface area contributed by atoms with Crippen LogP contribution in [0.4, 0.5) is 0 Å². The zero-order valence-electron chi connectivity index (χ0n) is 20.9. The summed E-state index contributed by atoms with van der Waals surface area (Å²) in [6.45, 7) is 0. The molecule has 0 heterocycles. The van der Waals surface area contributed by atoms with Crippen LogP contribution in [0.25, 0.3) is 0 Å². The van der Waals surface area contributed by atoms with Gasteiger partial charge in [0.2, 0.25) is 0 Å². The third kappa shape index (κ3) is 16.4. The summed E-state index contributed by atoms with van der Waals surface area (Å²) in [5, 5.41) is 55.3. The molecular weight excluding hydrogens is 520 g/mol. The predicted molar refractivity (Wildman–Crippen MR) is 142 cm³/mol. The molecule has 0 saturated carbocycles. The van der Waals surface area contributed by atoms with Crippen LogP contribution >= 0.6 is 0 Å². The average molecular weight is 547 g/mol. The van der Waals surface area contributed by atoms with E-state index < -0.39 is 12.2 Å². The number of rotatable bonds is 0. The van der Waals surface area contributed by atoms with Gasteiger partial charge in [0.25, 0.3) is 0 Å². The smallest absolute Gasteiger partial charge is 0.178 e. The van der Waals surface area contributed by atoms with Crippen molar-refractivity contribution in [1.29, 1.82) is 0 Å². The van der Waals surface area contributed by atoms with Gasteiger partial charge >= 0.3 is 0 Å². The fourth-order valence-electron chi connectivity index (χ4n) is 2.35. The van der Waals surface area contributed by atoms with Crippen molar-refractivity contribution in [1.82, 2.24) is 0 Å². The van der Waals surface area contributed by atoms with Crippen molar-refractivity contribution >= 4 is 23.1 Å². The average Bonchev–Trinajstić information content (AvgIpc) is 2.94. The lowest BCUT2D eigenvalue weighted by atomic mass is 10.1. The van der Waals surface area contributed by atoms with Gasteiger partial charge in [-0.15, -0.1) is 0 Å². The van der Waals surface area contributed by atoms with Gasteiger partial charge in [-0.05, 0) is 97.1 Å². The fourth-order valence-corrected chi connectivity index (χ4v) is 2.35. The molecule has 40 heavy (non-hydrogen) atoms. The lowest BCUT2D eigenvalue weighted by molar-refractivity contribution is -0.399. The zero-order chi connectivity index (χ0) is 29.9. The molecule has 0 saturated heterocycles. The van der Waals surface area contributed by atoms with E-state index in [9.17, 15) is 29.4 Å². The molecule has 208 valence electrons. The standard InChI is InChI=1S/3C6H6O2.2C6H4O2/c5*7-5-1-2-6(8)4-3-5/h2*1-4,7-8H;1-6H;2*1-4H/q;;-2;;. The van der Waals surface area contributed by atoms with Gasteiger partial charge in [0.15, 0.2) is 23.1 Å². The molecule has 0 aromatic heterocycles. The van der Waals surface area contributed by atoms with Crippen LogP contribution in [0, 0.1) is 0 Å². The molecule has 5 rings (SSSR count). The van der Waals surface area contributed by atoms with Crippen LogP contribution in [-0.4, -0.2) is 55.8 Å². The minimum atomic E-state index is -0.791. The highest BCUT2D eigenvalue weighted by atomic mass is 16.3. The molecule has 2 aromatic carbocycles. The molecule has 3 aliphatic carbocycles. The summed E-state index contributed by atoms with van der Waals surface area (Å²) in [6.07, 6.45) is 13.9. The summed E-state index contributed by atoms with van der Waals surface area (Å²) in [5.41, 5.74) is 0. The van der Waals surface area contributed by atoms with Gasteiger partial charge in [-0.2, -0.15) is 0 Å². The predicted octanol–water partition coefficient (Wildman–Crippen LogP) is 1.27. The summed E-state index contributed by atoms with van der Waals surface area (Å²) in [4.78, 5) is 41.1. The summed E-state index contributed by atoms with van der Waals surface area (Å²) in [6, 6.07) is 11.4. The van der Waals surface area contributed by atoms with Crippen molar-refractivity contribution in [2.45, 2.75) is 12.2 Å². The number of phenols is 4. The quantitative estimate of drug-likeness (QED) is 0.212. The first-order valence-electron chi connectivity index (χ1n) is 11.5. The number of aromatic hydroxyl groups is 4. The van der Waals surface area contributed by atoms with E-state index in [0.717, 1.165) is 0 Å². The van der Waals surface area contributed by atoms with Crippen LogP contribution in [0.15, 0.2) is 121 Å². The van der Waals surface area contributed by atoms with Crippen LogP contribution in [0.5, 0.6) is 23.0 Å². The van der Waals surface area contributed by atoms with Crippen molar-refractivity contribution in [3.8, 4) is 23.0 Å². The molecule has 0 amide bonds. The van der Waals surface area contributed by atoms with Gasteiger partial charge < -0.3 is 30.6 Å². The highest BCUT2D eigenvalue weighted by molar-refractivity contribution is 6.14. The maximum atomic E-state index is 10.4. The van der Waals surface area contributed by atoms with E-state index in [1.54, 1.807) is 0 Å². The summed E-state index contributed by atoms with van der Waals surface area (Å²) >= 11 is 0. The number of carbonyl (C=O) groups is 4. The minimum Gasteiger partial charge on any atom is -0.846 e. The molecule has 0 spiro atoms. The Morgan fingerprint density at radius 2 is 0.525 bits per heavy atom. The summed E-state index contributed by atoms with van der Waals surface area (Å²) in [5.74, 6) is 0.194. The third-order valence-electron chi connectivity index (χ3n) is 4.33. The van der Waals surface area contributed by atoms with Crippen molar-refractivity contribution in [3.63, 3.8) is 0 Å². The highest BCUT2D eigenvalue weighted by Crippen LogP contribution is 2.13. The number of ketones is 4. The maximum absolute atomic E-state index is 10.4. The molecule has 4 N–H and O–H groups in total. The number of benzene rings is 2. The van der Waals surface area contributed by atoms with E-state index >= 15 is 0 Å². The molecule has 3 aliphatic rings. The SMILES string of the molecule is O=C1C=CC(=O)C=C1.O=C1C=CC(=O)C=C1.Oc1ccc(O)cc1.Oc1ccc(O)cc1.[O-]C1C=CC([O-])C=C1. The lowest BCUT2D eigenvalue weighted by Gasteiger charge is -2.22.